The summed E-state index contributed by atoms with van der Waals surface area (Å²) in [5.41, 5.74) is 16.4. The van der Waals surface area contributed by atoms with Crippen molar-refractivity contribution in [3.05, 3.63) is 24.3 Å². The number of rotatable bonds is 8. The highest BCUT2D eigenvalue weighted by Gasteiger charge is 2.11. The molecule has 0 saturated carbocycles. The molecule has 7 nitrogen and oxygen atoms in total. The van der Waals surface area contributed by atoms with Gasteiger partial charge in [-0.05, 0) is 12.1 Å². The number of anilines is 1. The molecule has 0 atom stereocenters. The summed E-state index contributed by atoms with van der Waals surface area (Å²) in [5, 5.41) is 0. The summed E-state index contributed by atoms with van der Waals surface area (Å²) in [6, 6.07) is 6.98. The molecule has 0 aliphatic carbocycles. The summed E-state index contributed by atoms with van der Waals surface area (Å²) < 4.78 is 5.45. The Morgan fingerprint density at radius 1 is 1.16 bits per heavy atom. The second-order valence-electron chi connectivity index (χ2n) is 4.06. The number of primary amides is 2. The third-order valence-corrected chi connectivity index (χ3v) is 2.29. The number of carbonyl (C=O) groups excluding carboxylic acids is 2. The SMILES string of the molecule is NC(=O)CN(CCOc1cccc(N)c1)CC(N)=O. The number of carbonyl (C=O) groups is 2. The van der Waals surface area contributed by atoms with E-state index in [1.165, 1.54) is 4.90 Å². The van der Waals surface area contributed by atoms with Gasteiger partial charge < -0.3 is 21.9 Å². The van der Waals surface area contributed by atoms with Crippen LogP contribution in [0.25, 0.3) is 0 Å². The molecule has 0 radical (unpaired) electrons. The van der Waals surface area contributed by atoms with Crippen LogP contribution in [0.2, 0.25) is 0 Å². The molecule has 0 aromatic heterocycles. The average molecular weight is 266 g/mol. The Labute approximate surface area is 111 Å². The summed E-state index contributed by atoms with van der Waals surface area (Å²) >= 11 is 0. The largest absolute Gasteiger partial charge is 0.492 e. The normalized spacial score (nSPS) is 10.4. The number of nitrogen functional groups attached to an aromatic ring is 1. The van der Waals surface area contributed by atoms with Crippen LogP contribution >= 0.6 is 0 Å². The maximum atomic E-state index is 10.8. The number of hydrogen-bond donors (Lipinski definition) is 3. The maximum Gasteiger partial charge on any atom is 0.231 e. The Kier molecular flexibility index (Phi) is 5.62. The van der Waals surface area contributed by atoms with E-state index in [2.05, 4.69) is 0 Å². The van der Waals surface area contributed by atoms with Crippen LogP contribution in [-0.4, -0.2) is 43.0 Å². The van der Waals surface area contributed by atoms with E-state index in [-0.39, 0.29) is 13.1 Å². The molecule has 0 heterocycles. The first kappa shape index (κ1) is 14.8. The van der Waals surface area contributed by atoms with Gasteiger partial charge in [-0.1, -0.05) is 6.07 Å². The molecule has 0 bridgehead atoms. The van der Waals surface area contributed by atoms with Crippen molar-refractivity contribution in [2.45, 2.75) is 0 Å². The van der Waals surface area contributed by atoms with Gasteiger partial charge in [0.05, 0.1) is 13.1 Å². The number of ether oxygens (including phenoxy) is 1. The van der Waals surface area contributed by atoms with Crippen molar-refractivity contribution in [1.29, 1.82) is 0 Å². The van der Waals surface area contributed by atoms with Gasteiger partial charge in [0.25, 0.3) is 0 Å². The molecular formula is C12H18N4O3. The van der Waals surface area contributed by atoms with Crippen LogP contribution in [0.3, 0.4) is 0 Å². The zero-order valence-corrected chi connectivity index (χ0v) is 10.5. The van der Waals surface area contributed by atoms with Crippen molar-refractivity contribution in [2.75, 3.05) is 32.0 Å². The molecule has 104 valence electrons. The van der Waals surface area contributed by atoms with E-state index in [1.807, 2.05) is 0 Å². The van der Waals surface area contributed by atoms with Crippen LogP contribution in [0.1, 0.15) is 0 Å². The molecule has 19 heavy (non-hydrogen) atoms. The second-order valence-corrected chi connectivity index (χ2v) is 4.06. The topological polar surface area (TPSA) is 125 Å². The average Bonchev–Trinajstić information content (AvgIpc) is 2.27. The summed E-state index contributed by atoms with van der Waals surface area (Å²) in [5.74, 6) is -0.423. The van der Waals surface area contributed by atoms with Crippen molar-refractivity contribution in [3.63, 3.8) is 0 Å². The minimum atomic E-state index is -0.523. The van der Waals surface area contributed by atoms with Gasteiger partial charge in [0.15, 0.2) is 0 Å². The van der Waals surface area contributed by atoms with Crippen LogP contribution in [0.4, 0.5) is 5.69 Å². The van der Waals surface area contributed by atoms with Crippen molar-refractivity contribution >= 4 is 17.5 Å². The maximum absolute atomic E-state index is 10.8. The summed E-state index contributed by atoms with van der Waals surface area (Å²) in [7, 11) is 0. The fourth-order valence-corrected chi connectivity index (χ4v) is 1.55. The Morgan fingerprint density at radius 3 is 2.32 bits per heavy atom. The molecule has 1 rings (SSSR count). The number of amides is 2. The van der Waals surface area contributed by atoms with Crippen molar-refractivity contribution in [1.82, 2.24) is 4.90 Å². The molecule has 0 spiro atoms. The Bertz CT molecular complexity index is 434. The fraction of sp³-hybridized carbons (Fsp3) is 0.333. The molecule has 0 saturated heterocycles. The third kappa shape index (κ3) is 6.27. The smallest absolute Gasteiger partial charge is 0.231 e. The lowest BCUT2D eigenvalue weighted by Crippen LogP contribution is -2.41. The van der Waals surface area contributed by atoms with E-state index in [0.717, 1.165) is 0 Å². The van der Waals surface area contributed by atoms with Gasteiger partial charge in [-0.2, -0.15) is 0 Å². The van der Waals surface area contributed by atoms with Crippen LogP contribution in [0.15, 0.2) is 24.3 Å². The minimum absolute atomic E-state index is 0.0385. The van der Waals surface area contributed by atoms with Crippen LogP contribution in [0.5, 0.6) is 5.75 Å². The van der Waals surface area contributed by atoms with Crippen LogP contribution in [0, 0.1) is 0 Å². The number of nitrogens with zero attached hydrogens (tertiary/aromatic N) is 1. The predicted octanol–water partition coefficient (Wildman–Crippen LogP) is -1.08. The van der Waals surface area contributed by atoms with Gasteiger partial charge in [0.2, 0.25) is 11.8 Å². The molecular weight excluding hydrogens is 248 g/mol. The van der Waals surface area contributed by atoms with Crippen LogP contribution < -0.4 is 21.9 Å². The summed E-state index contributed by atoms with van der Waals surface area (Å²) in [4.78, 5) is 23.2. The number of hydrogen-bond acceptors (Lipinski definition) is 5. The Hall–Kier alpha value is -2.28. The highest BCUT2D eigenvalue weighted by atomic mass is 16.5. The zero-order chi connectivity index (χ0) is 14.3. The lowest BCUT2D eigenvalue weighted by atomic mass is 10.3. The predicted molar refractivity (Wildman–Crippen MR) is 71.2 cm³/mol. The quantitative estimate of drug-likeness (QED) is 0.516. The minimum Gasteiger partial charge on any atom is -0.492 e. The third-order valence-electron chi connectivity index (χ3n) is 2.29. The number of nitrogens with two attached hydrogens (primary N) is 3. The lowest BCUT2D eigenvalue weighted by Gasteiger charge is -2.19. The monoisotopic (exact) mass is 266 g/mol. The molecule has 7 heteroatoms. The van der Waals surface area contributed by atoms with Crippen molar-refractivity contribution < 1.29 is 14.3 Å². The molecule has 0 unspecified atom stereocenters. The standard InChI is InChI=1S/C12H18N4O3/c13-9-2-1-3-10(6-9)19-5-4-16(7-11(14)17)8-12(15)18/h1-3,6H,4-5,7-8,13H2,(H2,14,17)(H2,15,18). The van der Waals surface area contributed by atoms with Crippen molar-refractivity contribution in [3.8, 4) is 5.75 Å². The molecule has 6 N–H and O–H groups in total. The van der Waals surface area contributed by atoms with Gasteiger partial charge >= 0.3 is 0 Å². The van der Waals surface area contributed by atoms with Crippen LogP contribution in [-0.2, 0) is 9.59 Å². The van der Waals surface area contributed by atoms with Gasteiger partial charge in [-0.15, -0.1) is 0 Å². The zero-order valence-electron chi connectivity index (χ0n) is 10.5. The van der Waals surface area contributed by atoms with E-state index in [4.69, 9.17) is 21.9 Å². The molecule has 0 fully saturated rings. The first-order valence-corrected chi connectivity index (χ1v) is 5.74. The second kappa shape index (κ2) is 7.22. The van der Waals surface area contributed by atoms with Gasteiger partial charge in [-0.3, -0.25) is 14.5 Å². The van der Waals surface area contributed by atoms with Crippen molar-refractivity contribution in [2.24, 2.45) is 11.5 Å². The lowest BCUT2D eigenvalue weighted by molar-refractivity contribution is -0.122. The number of benzene rings is 1. The van der Waals surface area contributed by atoms with Gasteiger partial charge in [-0.25, -0.2) is 0 Å². The highest BCUT2D eigenvalue weighted by Crippen LogP contribution is 2.14. The highest BCUT2D eigenvalue weighted by molar-refractivity contribution is 5.79. The van der Waals surface area contributed by atoms with E-state index in [9.17, 15) is 9.59 Å². The Balaban J connectivity index is 2.43. The van der Waals surface area contributed by atoms with E-state index in [1.54, 1.807) is 24.3 Å². The molecule has 0 aliphatic rings. The molecule has 0 aliphatic heterocycles. The van der Waals surface area contributed by atoms with Gasteiger partial charge in [0, 0.05) is 18.3 Å². The van der Waals surface area contributed by atoms with E-state index in [0.29, 0.717) is 24.6 Å². The summed E-state index contributed by atoms with van der Waals surface area (Å²) in [6.45, 7) is 0.581. The first-order chi connectivity index (χ1) is 8.97. The van der Waals surface area contributed by atoms with E-state index >= 15 is 0 Å². The fourth-order valence-electron chi connectivity index (χ4n) is 1.55. The molecule has 1 aromatic carbocycles. The van der Waals surface area contributed by atoms with E-state index < -0.39 is 11.8 Å². The molecule has 2 amide bonds. The first-order valence-electron chi connectivity index (χ1n) is 5.74. The van der Waals surface area contributed by atoms with Gasteiger partial charge in [0.1, 0.15) is 12.4 Å². The summed E-state index contributed by atoms with van der Waals surface area (Å²) in [6.07, 6.45) is 0. The Morgan fingerprint density at radius 2 is 1.79 bits per heavy atom. The molecule has 1 aromatic rings.